The normalized spacial score (nSPS) is 10.6. The lowest BCUT2D eigenvalue weighted by Crippen LogP contribution is -2.18. The van der Waals surface area contributed by atoms with Crippen LogP contribution in [0, 0.1) is 17.0 Å². The van der Waals surface area contributed by atoms with Crippen LogP contribution in [-0.2, 0) is 9.53 Å². The Morgan fingerprint density at radius 1 is 1.43 bits per heavy atom. The van der Waals surface area contributed by atoms with E-state index in [9.17, 15) is 14.9 Å². The zero-order valence-electron chi connectivity index (χ0n) is 11.8. The molecule has 110 valence electrons. The van der Waals surface area contributed by atoms with Gasteiger partial charge in [0.25, 0.3) is 5.69 Å². The average Bonchev–Trinajstić information content (AvgIpc) is 2.44. The number of fused-ring (bicyclic) bond motifs is 1. The molecule has 0 aliphatic rings. The topological polar surface area (TPSA) is 94.4 Å². The van der Waals surface area contributed by atoms with Crippen molar-refractivity contribution in [1.82, 2.24) is 4.98 Å². The van der Waals surface area contributed by atoms with Crippen LogP contribution in [0.15, 0.2) is 24.3 Å². The van der Waals surface area contributed by atoms with E-state index in [1.165, 1.54) is 12.1 Å². The molecular weight excluding hydrogens is 274 g/mol. The summed E-state index contributed by atoms with van der Waals surface area (Å²) < 4.78 is 5.04. The van der Waals surface area contributed by atoms with Gasteiger partial charge >= 0.3 is 0 Å². The number of anilines is 1. The van der Waals surface area contributed by atoms with Gasteiger partial charge in [-0.15, -0.1) is 0 Å². The highest BCUT2D eigenvalue weighted by Gasteiger charge is 2.12. The Balaban J connectivity index is 2.42. The molecule has 0 saturated carbocycles. The predicted molar refractivity (Wildman–Crippen MR) is 78.3 cm³/mol. The van der Waals surface area contributed by atoms with Gasteiger partial charge in [-0.05, 0) is 26.0 Å². The second-order valence-corrected chi connectivity index (χ2v) is 4.46. The van der Waals surface area contributed by atoms with Crippen molar-refractivity contribution >= 4 is 28.2 Å². The molecule has 2 rings (SSSR count). The number of aryl methyl sites for hydroxylation is 1. The fraction of sp³-hybridized carbons (Fsp3) is 0.286. The van der Waals surface area contributed by atoms with Crippen molar-refractivity contribution < 1.29 is 14.5 Å². The lowest BCUT2D eigenvalue weighted by atomic mass is 10.1. The molecule has 0 unspecified atom stereocenters. The smallest absolute Gasteiger partial charge is 0.270 e. The molecular formula is C14H15N3O4. The largest absolute Gasteiger partial charge is 0.372 e. The highest BCUT2D eigenvalue weighted by molar-refractivity contribution is 6.02. The van der Waals surface area contributed by atoms with Gasteiger partial charge in [0.1, 0.15) is 6.61 Å². The number of pyridine rings is 1. The van der Waals surface area contributed by atoms with E-state index in [1.54, 1.807) is 26.0 Å². The fourth-order valence-electron chi connectivity index (χ4n) is 1.94. The summed E-state index contributed by atoms with van der Waals surface area (Å²) in [6.07, 6.45) is 0. The van der Waals surface area contributed by atoms with E-state index < -0.39 is 4.92 Å². The van der Waals surface area contributed by atoms with E-state index in [0.29, 0.717) is 28.9 Å². The molecule has 0 aliphatic carbocycles. The second-order valence-electron chi connectivity index (χ2n) is 4.46. The number of nitrogens with one attached hydrogen (secondary N) is 1. The number of ether oxygens (including phenoxy) is 1. The standard InChI is InChI=1S/C14H15N3O4/c1-3-21-8-14(18)16-13-6-9(2)15-12-5-4-10(17(19)20)7-11(12)13/h4-7H,3,8H2,1-2H3,(H,15,16,18). The number of hydrogen-bond acceptors (Lipinski definition) is 5. The maximum atomic E-state index is 11.8. The lowest BCUT2D eigenvalue weighted by molar-refractivity contribution is -0.384. The van der Waals surface area contributed by atoms with Gasteiger partial charge in [-0.3, -0.25) is 19.9 Å². The van der Waals surface area contributed by atoms with Crippen molar-refractivity contribution in [3.05, 3.63) is 40.1 Å². The first kappa shape index (κ1) is 14.9. The van der Waals surface area contributed by atoms with Crippen LogP contribution in [0.4, 0.5) is 11.4 Å². The summed E-state index contributed by atoms with van der Waals surface area (Å²) in [6.45, 7) is 3.96. The van der Waals surface area contributed by atoms with Crippen LogP contribution in [-0.4, -0.2) is 29.0 Å². The number of nitrogens with zero attached hydrogens (tertiary/aromatic N) is 2. The van der Waals surface area contributed by atoms with Crippen molar-refractivity contribution in [2.24, 2.45) is 0 Å². The number of nitro groups is 1. The molecule has 1 heterocycles. The van der Waals surface area contributed by atoms with Crippen molar-refractivity contribution in [2.75, 3.05) is 18.5 Å². The Bertz CT molecular complexity index is 700. The van der Waals surface area contributed by atoms with Crippen molar-refractivity contribution in [3.63, 3.8) is 0 Å². The number of aromatic nitrogens is 1. The molecule has 0 aliphatic heterocycles. The number of nitro benzene ring substituents is 1. The fourth-order valence-corrected chi connectivity index (χ4v) is 1.94. The van der Waals surface area contributed by atoms with E-state index in [2.05, 4.69) is 10.3 Å². The molecule has 0 bridgehead atoms. The van der Waals surface area contributed by atoms with Crippen LogP contribution in [0.1, 0.15) is 12.6 Å². The van der Waals surface area contributed by atoms with Crippen LogP contribution in [0.3, 0.4) is 0 Å². The lowest BCUT2D eigenvalue weighted by Gasteiger charge is -2.09. The summed E-state index contributed by atoms with van der Waals surface area (Å²) in [7, 11) is 0. The van der Waals surface area contributed by atoms with Gasteiger partial charge in [0.05, 0.1) is 16.1 Å². The predicted octanol–water partition coefficient (Wildman–Crippen LogP) is 2.43. The molecule has 1 aromatic carbocycles. The first-order valence-electron chi connectivity index (χ1n) is 6.44. The molecule has 7 heteroatoms. The number of rotatable bonds is 5. The van der Waals surface area contributed by atoms with Crippen LogP contribution >= 0.6 is 0 Å². The summed E-state index contributed by atoms with van der Waals surface area (Å²) in [5.74, 6) is -0.310. The van der Waals surface area contributed by atoms with Gasteiger partial charge in [-0.1, -0.05) is 0 Å². The van der Waals surface area contributed by atoms with E-state index in [4.69, 9.17) is 4.74 Å². The Morgan fingerprint density at radius 3 is 2.86 bits per heavy atom. The minimum atomic E-state index is -0.481. The van der Waals surface area contributed by atoms with E-state index in [-0.39, 0.29) is 18.2 Å². The molecule has 1 N–H and O–H groups in total. The Kier molecular flexibility index (Phi) is 4.44. The maximum Gasteiger partial charge on any atom is 0.270 e. The third-order valence-electron chi connectivity index (χ3n) is 2.84. The summed E-state index contributed by atoms with van der Waals surface area (Å²) in [4.78, 5) is 26.4. The highest BCUT2D eigenvalue weighted by Crippen LogP contribution is 2.27. The maximum absolute atomic E-state index is 11.8. The third-order valence-corrected chi connectivity index (χ3v) is 2.84. The monoisotopic (exact) mass is 289 g/mol. The molecule has 7 nitrogen and oxygen atoms in total. The zero-order chi connectivity index (χ0) is 15.4. The minimum Gasteiger partial charge on any atom is -0.372 e. The number of benzene rings is 1. The van der Waals surface area contributed by atoms with Crippen LogP contribution in [0.5, 0.6) is 0 Å². The quantitative estimate of drug-likeness (QED) is 0.673. The number of amides is 1. The Hall–Kier alpha value is -2.54. The van der Waals surface area contributed by atoms with Crippen molar-refractivity contribution in [2.45, 2.75) is 13.8 Å². The van der Waals surface area contributed by atoms with Crippen LogP contribution in [0.25, 0.3) is 10.9 Å². The number of non-ortho nitro benzene ring substituents is 1. The summed E-state index contributed by atoms with van der Waals surface area (Å²) >= 11 is 0. The molecule has 0 atom stereocenters. The molecule has 21 heavy (non-hydrogen) atoms. The molecule has 2 aromatic rings. The Labute approximate surface area is 121 Å². The first-order chi connectivity index (χ1) is 10.0. The van der Waals surface area contributed by atoms with Gasteiger partial charge in [0.15, 0.2) is 0 Å². The second kappa shape index (κ2) is 6.27. The SMILES string of the molecule is CCOCC(=O)Nc1cc(C)nc2ccc([N+](=O)[O-])cc12. The van der Waals surface area contributed by atoms with Crippen molar-refractivity contribution in [1.29, 1.82) is 0 Å². The van der Waals surface area contributed by atoms with Gasteiger partial charge in [0.2, 0.25) is 5.91 Å². The molecule has 0 fully saturated rings. The molecule has 1 amide bonds. The van der Waals surface area contributed by atoms with E-state index >= 15 is 0 Å². The van der Waals surface area contributed by atoms with Gasteiger partial charge in [-0.25, -0.2) is 0 Å². The number of hydrogen-bond donors (Lipinski definition) is 1. The molecule has 0 radical (unpaired) electrons. The van der Waals surface area contributed by atoms with Gasteiger partial charge < -0.3 is 10.1 Å². The first-order valence-corrected chi connectivity index (χ1v) is 6.44. The molecule has 0 spiro atoms. The van der Waals surface area contributed by atoms with E-state index in [1.807, 2.05) is 0 Å². The Morgan fingerprint density at radius 2 is 2.19 bits per heavy atom. The summed E-state index contributed by atoms with van der Waals surface area (Å²) in [5.41, 5.74) is 1.75. The zero-order valence-corrected chi connectivity index (χ0v) is 11.8. The number of carbonyl (C=O) groups is 1. The number of carbonyl (C=O) groups excluding carboxylic acids is 1. The van der Waals surface area contributed by atoms with Crippen LogP contribution in [0.2, 0.25) is 0 Å². The summed E-state index contributed by atoms with van der Waals surface area (Å²) in [6, 6.07) is 6.03. The highest BCUT2D eigenvalue weighted by atomic mass is 16.6. The minimum absolute atomic E-state index is 0.0477. The average molecular weight is 289 g/mol. The van der Waals surface area contributed by atoms with E-state index in [0.717, 1.165) is 0 Å². The van der Waals surface area contributed by atoms with Crippen LogP contribution < -0.4 is 5.32 Å². The molecule has 0 saturated heterocycles. The molecule has 1 aromatic heterocycles. The van der Waals surface area contributed by atoms with Gasteiger partial charge in [-0.2, -0.15) is 0 Å². The van der Waals surface area contributed by atoms with Gasteiger partial charge in [0, 0.05) is 29.8 Å². The van der Waals surface area contributed by atoms with Crippen molar-refractivity contribution in [3.8, 4) is 0 Å². The third kappa shape index (κ3) is 3.51. The summed E-state index contributed by atoms with van der Waals surface area (Å²) in [5, 5.41) is 14.1.